The summed E-state index contributed by atoms with van der Waals surface area (Å²) in [5, 5.41) is 8.71. The zero-order valence-electron chi connectivity index (χ0n) is 11.5. The van der Waals surface area contributed by atoms with Crippen molar-refractivity contribution in [3.63, 3.8) is 0 Å². The molecule has 1 aromatic heterocycles. The summed E-state index contributed by atoms with van der Waals surface area (Å²) in [7, 11) is 1.78. The highest BCUT2D eigenvalue weighted by atomic mass is 16.2. The van der Waals surface area contributed by atoms with Crippen LogP contribution in [-0.4, -0.2) is 41.1 Å². The average Bonchev–Trinajstić information content (AvgIpc) is 2.44. The number of nitrogens with zero attached hydrogens (tertiary/aromatic N) is 2. The van der Waals surface area contributed by atoms with E-state index in [1.165, 1.54) is 0 Å². The molecule has 0 bridgehead atoms. The van der Waals surface area contributed by atoms with Crippen LogP contribution in [0.4, 0.5) is 0 Å². The molecule has 0 fully saturated rings. The fourth-order valence-corrected chi connectivity index (χ4v) is 1.57. The van der Waals surface area contributed by atoms with E-state index in [2.05, 4.69) is 23.7 Å². The number of hydrogen-bond acceptors (Lipinski definition) is 3. The molecule has 19 heavy (non-hydrogen) atoms. The van der Waals surface area contributed by atoms with Gasteiger partial charge >= 0.3 is 0 Å². The molecular weight excluding hydrogens is 240 g/mol. The predicted molar refractivity (Wildman–Crippen MR) is 74.7 cm³/mol. The lowest BCUT2D eigenvalue weighted by molar-refractivity contribution is 0.0787. The van der Waals surface area contributed by atoms with E-state index in [-0.39, 0.29) is 12.5 Å². The van der Waals surface area contributed by atoms with Gasteiger partial charge in [-0.15, -0.1) is 0 Å². The van der Waals surface area contributed by atoms with E-state index in [9.17, 15) is 4.79 Å². The average molecular weight is 260 g/mol. The third-order valence-corrected chi connectivity index (χ3v) is 2.66. The monoisotopic (exact) mass is 260 g/mol. The van der Waals surface area contributed by atoms with Crippen LogP contribution in [0.1, 0.15) is 42.2 Å². The first-order valence-electron chi connectivity index (χ1n) is 6.51. The van der Waals surface area contributed by atoms with Crippen molar-refractivity contribution >= 4 is 5.91 Å². The van der Waals surface area contributed by atoms with Crippen LogP contribution in [0.3, 0.4) is 0 Å². The van der Waals surface area contributed by atoms with Gasteiger partial charge in [0, 0.05) is 26.2 Å². The zero-order valence-corrected chi connectivity index (χ0v) is 11.5. The second-order valence-corrected chi connectivity index (χ2v) is 4.26. The standard InChI is InChI=1S/C15H20N2O2/c1-3-4-11-17(2)15(19)14-13(8-5-6-12-18)9-7-10-16-14/h7,9-10,18H,3-4,6,11-12H2,1-2H3. The Labute approximate surface area is 114 Å². The first-order valence-corrected chi connectivity index (χ1v) is 6.51. The number of rotatable bonds is 5. The summed E-state index contributed by atoms with van der Waals surface area (Å²) in [4.78, 5) is 18.1. The summed E-state index contributed by atoms with van der Waals surface area (Å²) in [6.45, 7) is 2.83. The van der Waals surface area contributed by atoms with Crippen molar-refractivity contribution in [3.8, 4) is 11.8 Å². The minimum absolute atomic E-state index is 0.0208. The molecule has 0 spiro atoms. The van der Waals surface area contributed by atoms with E-state index in [1.807, 2.05) is 0 Å². The van der Waals surface area contributed by atoms with Gasteiger partial charge in [-0.05, 0) is 18.6 Å². The highest BCUT2D eigenvalue weighted by Crippen LogP contribution is 2.07. The molecule has 1 amide bonds. The lowest BCUT2D eigenvalue weighted by Crippen LogP contribution is -2.29. The molecule has 0 aliphatic rings. The molecule has 1 aromatic rings. The van der Waals surface area contributed by atoms with Crippen LogP contribution in [0.15, 0.2) is 18.3 Å². The summed E-state index contributed by atoms with van der Waals surface area (Å²) < 4.78 is 0. The van der Waals surface area contributed by atoms with Crippen molar-refractivity contribution in [2.45, 2.75) is 26.2 Å². The zero-order chi connectivity index (χ0) is 14.1. The highest BCUT2D eigenvalue weighted by Gasteiger charge is 2.15. The Morgan fingerprint density at radius 1 is 1.53 bits per heavy atom. The molecule has 4 heteroatoms. The van der Waals surface area contributed by atoms with Gasteiger partial charge < -0.3 is 10.0 Å². The number of unbranched alkanes of at least 4 members (excludes halogenated alkanes) is 1. The third-order valence-electron chi connectivity index (χ3n) is 2.66. The van der Waals surface area contributed by atoms with E-state index in [4.69, 9.17) is 5.11 Å². The smallest absolute Gasteiger partial charge is 0.273 e. The molecule has 0 saturated carbocycles. The maximum atomic E-state index is 12.3. The van der Waals surface area contributed by atoms with Crippen molar-refractivity contribution in [1.29, 1.82) is 0 Å². The molecule has 0 aliphatic heterocycles. The fourth-order valence-electron chi connectivity index (χ4n) is 1.57. The number of aliphatic hydroxyl groups is 1. The maximum absolute atomic E-state index is 12.3. The van der Waals surface area contributed by atoms with Crippen LogP contribution < -0.4 is 0 Å². The Hall–Kier alpha value is -1.86. The highest BCUT2D eigenvalue weighted by molar-refractivity contribution is 5.94. The van der Waals surface area contributed by atoms with E-state index in [0.29, 0.717) is 17.7 Å². The number of carbonyl (C=O) groups is 1. The van der Waals surface area contributed by atoms with E-state index >= 15 is 0 Å². The van der Waals surface area contributed by atoms with Crippen LogP contribution in [0.5, 0.6) is 0 Å². The largest absolute Gasteiger partial charge is 0.395 e. The van der Waals surface area contributed by atoms with Gasteiger partial charge in [-0.1, -0.05) is 25.2 Å². The molecule has 0 saturated heterocycles. The molecular formula is C15H20N2O2. The van der Waals surface area contributed by atoms with Gasteiger partial charge in [-0.2, -0.15) is 0 Å². The van der Waals surface area contributed by atoms with E-state index < -0.39 is 0 Å². The predicted octanol–water partition coefficient (Wildman–Crippen LogP) is 1.69. The fraction of sp³-hybridized carbons (Fsp3) is 0.467. The minimum Gasteiger partial charge on any atom is -0.395 e. The number of aromatic nitrogens is 1. The summed E-state index contributed by atoms with van der Waals surface area (Å²) >= 11 is 0. The van der Waals surface area contributed by atoms with Gasteiger partial charge in [0.05, 0.1) is 12.2 Å². The molecule has 1 rings (SSSR count). The van der Waals surface area contributed by atoms with Gasteiger partial charge in [-0.3, -0.25) is 4.79 Å². The van der Waals surface area contributed by atoms with Crippen molar-refractivity contribution in [3.05, 3.63) is 29.6 Å². The summed E-state index contributed by atoms with van der Waals surface area (Å²) in [6.07, 6.45) is 4.01. The molecule has 0 atom stereocenters. The number of pyridine rings is 1. The van der Waals surface area contributed by atoms with Gasteiger partial charge in [0.2, 0.25) is 0 Å². The SMILES string of the molecule is CCCCN(C)C(=O)c1ncccc1C#CCCO. The lowest BCUT2D eigenvalue weighted by atomic mass is 10.1. The van der Waals surface area contributed by atoms with Crippen LogP contribution in [0.25, 0.3) is 0 Å². The topological polar surface area (TPSA) is 53.4 Å². The summed E-state index contributed by atoms with van der Waals surface area (Å²) in [6, 6.07) is 3.53. The molecule has 0 radical (unpaired) electrons. The van der Waals surface area contributed by atoms with Gasteiger partial charge in [0.1, 0.15) is 5.69 Å². The van der Waals surface area contributed by atoms with Crippen molar-refractivity contribution in [1.82, 2.24) is 9.88 Å². The number of hydrogen-bond donors (Lipinski definition) is 1. The first-order chi connectivity index (χ1) is 9.20. The van der Waals surface area contributed by atoms with Crippen molar-refractivity contribution < 1.29 is 9.90 Å². The third kappa shape index (κ3) is 4.72. The minimum atomic E-state index is -0.109. The molecule has 0 aliphatic carbocycles. The Bertz CT molecular complexity index is 475. The van der Waals surface area contributed by atoms with Crippen molar-refractivity contribution in [2.75, 3.05) is 20.2 Å². The quantitative estimate of drug-likeness (QED) is 0.820. The summed E-state index contributed by atoms with van der Waals surface area (Å²) in [5.74, 6) is 5.60. The normalized spacial score (nSPS) is 9.63. The molecule has 0 aromatic carbocycles. The molecule has 1 N–H and O–H groups in total. The Morgan fingerprint density at radius 2 is 2.32 bits per heavy atom. The first kappa shape index (κ1) is 15.2. The molecule has 1 heterocycles. The number of amides is 1. The lowest BCUT2D eigenvalue weighted by Gasteiger charge is -2.16. The van der Waals surface area contributed by atoms with Crippen molar-refractivity contribution in [2.24, 2.45) is 0 Å². The van der Waals surface area contributed by atoms with Crippen LogP contribution in [0.2, 0.25) is 0 Å². The van der Waals surface area contributed by atoms with Gasteiger partial charge in [0.25, 0.3) is 5.91 Å². The van der Waals surface area contributed by atoms with Crippen LogP contribution in [-0.2, 0) is 0 Å². The van der Waals surface area contributed by atoms with Gasteiger partial charge in [0.15, 0.2) is 0 Å². The van der Waals surface area contributed by atoms with E-state index in [1.54, 1.807) is 30.3 Å². The van der Waals surface area contributed by atoms with E-state index in [0.717, 1.165) is 19.4 Å². The Kier molecular flexibility index (Phi) is 6.62. The second kappa shape index (κ2) is 8.28. The van der Waals surface area contributed by atoms with Gasteiger partial charge in [-0.25, -0.2) is 4.98 Å². The maximum Gasteiger partial charge on any atom is 0.273 e. The molecule has 0 unspecified atom stereocenters. The number of carbonyl (C=O) groups excluding carboxylic acids is 1. The van der Waals surface area contributed by atoms with Crippen LogP contribution in [0, 0.1) is 11.8 Å². The molecule has 102 valence electrons. The second-order valence-electron chi connectivity index (χ2n) is 4.26. The van der Waals surface area contributed by atoms with Crippen LogP contribution >= 0.6 is 0 Å². The Balaban J connectivity index is 2.88. The number of aliphatic hydroxyl groups excluding tert-OH is 1. The summed E-state index contributed by atoms with van der Waals surface area (Å²) in [5.41, 5.74) is 0.996. The Morgan fingerprint density at radius 3 is 3.00 bits per heavy atom. The molecule has 4 nitrogen and oxygen atoms in total.